The highest BCUT2D eigenvalue weighted by atomic mass is 32.2. The maximum atomic E-state index is 13.5. The second-order valence-corrected chi connectivity index (χ2v) is 9.06. The summed E-state index contributed by atoms with van der Waals surface area (Å²) in [5.41, 5.74) is 2.29. The van der Waals surface area contributed by atoms with E-state index in [2.05, 4.69) is 4.99 Å². The molecule has 0 bridgehead atoms. The topological polar surface area (TPSA) is 80.9 Å². The zero-order valence-electron chi connectivity index (χ0n) is 17.9. The molecule has 1 aliphatic heterocycles. The van der Waals surface area contributed by atoms with E-state index in [1.165, 1.54) is 11.3 Å². The lowest BCUT2D eigenvalue weighted by atomic mass is 9.96. The summed E-state index contributed by atoms with van der Waals surface area (Å²) >= 11 is 2.90. The van der Waals surface area contributed by atoms with E-state index in [-0.39, 0.29) is 17.9 Å². The summed E-state index contributed by atoms with van der Waals surface area (Å²) in [6.07, 6.45) is 3.76. The summed E-state index contributed by atoms with van der Waals surface area (Å²) in [6.45, 7) is 3.76. The largest absolute Gasteiger partial charge is 0.508 e. The average Bonchev–Trinajstić information content (AvgIpc) is 3.09. The molecule has 0 spiro atoms. The van der Waals surface area contributed by atoms with Crippen molar-refractivity contribution >= 4 is 35.1 Å². The number of fused-ring (bicyclic) bond motifs is 1. The normalized spacial score (nSPS) is 16.0. The molecule has 1 atom stereocenters. The molecule has 0 aliphatic carbocycles. The van der Waals surface area contributed by atoms with Crippen LogP contribution in [0.2, 0.25) is 0 Å². The quantitative estimate of drug-likeness (QED) is 0.461. The van der Waals surface area contributed by atoms with Crippen LogP contribution in [-0.2, 0) is 9.53 Å². The van der Waals surface area contributed by atoms with Crippen molar-refractivity contribution in [2.75, 3.05) is 12.9 Å². The molecule has 6 nitrogen and oxygen atoms in total. The molecule has 1 aliphatic rings. The van der Waals surface area contributed by atoms with Gasteiger partial charge in [0, 0.05) is 4.90 Å². The molecule has 1 N–H and O–H groups in total. The number of nitrogens with zero attached hydrogens (tertiary/aromatic N) is 2. The number of carbonyl (C=O) groups is 1. The van der Waals surface area contributed by atoms with Gasteiger partial charge in [0.2, 0.25) is 0 Å². The molecule has 0 amide bonds. The minimum atomic E-state index is -0.622. The Kier molecular flexibility index (Phi) is 6.34. The molecular weight excluding hydrogens is 444 g/mol. The van der Waals surface area contributed by atoms with Gasteiger partial charge in [-0.2, -0.15) is 0 Å². The Hall–Kier alpha value is -3.10. The van der Waals surface area contributed by atoms with Gasteiger partial charge in [-0.3, -0.25) is 9.36 Å². The second-order valence-electron chi connectivity index (χ2n) is 7.17. The van der Waals surface area contributed by atoms with Crippen LogP contribution < -0.4 is 14.9 Å². The third-order valence-corrected chi connectivity index (χ3v) is 6.87. The summed E-state index contributed by atoms with van der Waals surface area (Å²) in [6, 6.07) is 13.8. The van der Waals surface area contributed by atoms with Crippen LogP contribution in [0.15, 0.2) is 74.5 Å². The maximum absolute atomic E-state index is 13.5. The number of rotatable bonds is 5. The maximum Gasteiger partial charge on any atom is 0.338 e. The van der Waals surface area contributed by atoms with Crippen molar-refractivity contribution in [2.24, 2.45) is 4.99 Å². The summed E-state index contributed by atoms with van der Waals surface area (Å²) < 4.78 is 7.38. The van der Waals surface area contributed by atoms with Crippen molar-refractivity contribution in [3.05, 3.63) is 90.6 Å². The number of esters is 1. The number of ether oxygens (including phenoxy) is 1. The predicted octanol–water partition coefficient (Wildman–Crippen LogP) is 3.23. The van der Waals surface area contributed by atoms with Gasteiger partial charge >= 0.3 is 5.97 Å². The first-order valence-corrected chi connectivity index (χ1v) is 12.1. The van der Waals surface area contributed by atoms with E-state index < -0.39 is 12.0 Å². The number of aromatic hydroxyl groups is 1. The molecule has 0 radical (unpaired) electrons. The Bertz CT molecular complexity index is 1370. The first-order chi connectivity index (χ1) is 15.4. The molecule has 4 rings (SSSR count). The standard InChI is InChI=1S/C24H22N2O4S2/c1-4-30-23(29)20-14(2)25-24-26(21(20)16-7-11-18(31-3)12-8-16)22(28)19(32-24)13-15-5-9-17(27)10-6-15/h5-13,21,27H,4H2,1-3H3/b19-13-/t21-/m1/s1. The summed E-state index contributed by atoms with van der Waals surface area (Å²) in [5.74, 6) is -0.312. The molecule has 0 unspecified atom stereocenters. The van der Waals surface area contributed by atoms with Crippen LogP contribution in [0.25, 0.3) is 6.08 Å². The Morgan fingerprint density at radius 2 is 1.91 bits per heavy atom. The number of phenols is 1. The second kappa shape index (κ2) is 9.18. The molecule has 164 valence electrons. The molecule has 32 heavy (non-hydrogen) atoms. The molecule has 2 aromatic carbocycles. The van der Waals surface area contributed by atoms with E-state index in [0.29, 0.717) is 20.6 Å². The van der Waals surface area contributed by atoms with E-state index in [0.717, 1.165) is 16.0 Å². The molecular formula is C24H22N2O4S2. The molecule has 0 saturated heterocycles. The lowest BCUT2D eigenvalue weighted by Crippen LogP contribution is -2.39. The highest BCUT2D eigenvalue weighted by molar-refractivity contribution is 7.98. The minimum Gasteiger partial charge on any atom is -0.508 e. The summed E-state index contributed by atoms with van der Waals surface area (Å²) in [7, 11) is 0. The van der Waals surface area contributed by atoms with Crippen LogP contribution in [0, 0.1) is 0 Å². The molecule has 3 aromatic rings. The highest BCUT2D eigenvalue weighted by Gasteiger charge is 2.33. The Morgan fingerprint density at radius 3 is 2.53 bits per heavy atom. The van der Waals surface area contributed by atoms with E-state index in [4.69, 9.17) is 4.74 Å². The average molecular weight is 467 g/mol. The predicted molar refractivity (Wildman–Crippen MR) is 127 cm³/mol. The lowest BCUT2D eigenvalue weighted by Gasteiger charge is -2.24. The number of hydrogen-bond donors (Lipinski definition) is 1. The van der Waals surface area contributed by atoms with Crippen LogP contribution in [0.3, 0.4) is 0 Å². The van der Waals surface area contributed by atoms with Crippen molar-refractivity contribution in [3.8, 4) is 5.75 Å². The van der Waals surface area contributed by atoms with Crippen molar-refractivity contribution < 1.29 is 14.6 Å². The van der Waals surface area contributed by atoms with Gasteiger partial charge in [-0.25, -0.2) is 9.79 Å². The number of carbonyl (C=O) groups excluding carboxylic acids is 1. The molecule has 8 heteroatoms. The van der Waals surface area contributed by atoms with Crippen LogP contribution in [0.5, 0.6) is 5.75 Å². The first-order valence-electron chi connectivity index (χ1n) is 10.1. The van der Waals surface area contributed by atoms with Crippen molar-refractivity contribution in [1.29, 1.82) is 0 Å². The van der Waals surface area contributed by atoms with Crippen LogP contribution in [0.1, 0.15) is 31.0 Å². The van der Waals surface area contributed by atoms with Gasteiger partial charge in [0.15, 0.2) is 4.80 Å². The van der Waals surface area contributed by atoms with Gasteiger partial charge in [0.1, 0.15) is 5.75 Å². The fourth-order valence-corrected chi connectivity index (χ4v) is 5.07. The van der Waals surface area contributed by atoms with Crippen molar-refractivity contribution in [1.82, 2.24) is 4.57 Å². The fraction of sp³-hybridized carbons (Fsp3) is 0.208. The fourth-order valence-electron chi connectivity index (χ4n) is 3.62. The van der Waals surface area contributed by atoms with E-state index in [1.54, 1.807) is 60.5 Å². The third kappa shape index (κ3) is 4.16. The summed E-state index contributed by atoms with van der Waals surface area (Å²) in [4.78, 5) is 32.6. The number of benzene rings is 2. The number of aromatic nitrogens is 1. The minimum absolute atomic E-state index is 0.159. The SMILES string of the molecule is CCOC(=O)C1=C(C)N=c2s/c(=C\c3ccc(O)cc3)c(=O)n2[C@@H]1c1ccc(SC)cc1. The first kappa shape index (κ1) is 22.1. The molecule has 2 heterocycles. The van der Waals surface area contributed by atoms with Gasteiger partial charge < -0.3 is 9.84 Å². The zero-order chi connectivity index (χ0) is 22.8. The number of thiazole rings is 1. The van der Waals surface area contributed by atoms with Gasteiger partial charge in [-0.15, -0.1) is 11.8 Å². The van der Waals surface area contributed by atoms with Crippen LogP contribution in [-0.4, -0.2) is 28.5 Å². The molecule has 1 aromatic heterocycles. The Labute approximate surface area is 193 Å². The zero-order valence-corrected chi connectivity index (χ0v) is 19.5. The Morgan fingerprint density at radius 1 is 1.22 bits per heavy atom. The number of allylic oxidation sites excluding steroid dienone is 1. The van der Waals surface area contributed by atoms with E-state index >= 15 is 0 Å². The van der Waals surface area contributed by atoms with Gasteiger partial charge in [-0.1, -0.05) is 35.6 Å². The van der Waals surface area contributed by atoms with Gasteiger partial charge in [0.25, 0.3) is 5.56 Å². The van der Waals surface area contributed by atoms with E-state index in [9.17, 15) is 14.7 Å². The van der Waals surface area contributed by atoms with Crippen molar-refractivity contribution in [2.45, 2.75) is 24.8 Å². The monoisotopic (exact) mass is 466 g/mol. The van der Waals surface area contributed by atoms with Crippen LogP contribution in [0.4, 0.5) is 0 Å². The number of phenolic OH excluding ortho intramolecular Hbond substituents is 1. The number of hydrogen-bond acceptors (Lipinski definition) is 7. The Balaban J connectivity index is 1.93. The smallest absolute Gasteiger partial charge is 0.338 e. The molecule has 0 fully saturated rings. The van der Waals surface area contributed by atoms with Gasteiger partial charge in [-0.05, 0) is 61.6 Å². The third-order valence-electron chi connectivity index (χ3n) is 5.14. The van der Waals surface area contributed by atoms with Crippen molar-refractivity contribution in [3.63, 3.8) is 0 Å². The van der Waals surface area contributed by atoms with Crippen LogP contribution >= 0.6 is 23.1 Å². The lowest BCUT2D eigenvalue weighted by molar-refractivity contribution is -0.139. The highest BCUT2D eigenvalue weighted by Crippen LogP contribution is 2.31. The van der Waals surface area contributed by atoms with Gasteiger partial charge in [0.05, 0.1) is 28.5 Å². The molecule has 0 saturated carbocycles. The van der Waals surface area contributed by atoms with E-state index in [1.807, 2.05) is 30.5 Å². The number of thioether (sulfide) groups is 1. The summed E-state index contributed by atoms with van der Waals surface area (Å²) in [5, 5.41) is 9.52.